The SMILES string of the molecule is BrC1=[C-]CCC1.[Cl-].[Cl-].[Li+].[Mg+2]. The van der Waals surface area contributed by atoms with Gasteiger partial charge in [0.15, 0.2) is 0 Å². The molecule has 1 rings (SSSR count). The van der Waals surface area contributed by atoms with Crippen molar-refractivity contribution in [1.29, 1.82) is 0 Å². The molecule has 0 bridgehead atoms. The molecule has 0 heterocycles. The summed E-state index contributed by atoms with van der Waals surface area (Å²) in [5.74, 6) is 0. The van der Waals surface area contributed by atoms with E-state index >= 15 is 0 Å². The van der Waals surface area contributed by atoms with Crippen LogP contribution in [-0.4, -0.2) is 23.1 Å². The molecule has 1 aliphatic rings. The Morgan fingerprint density at radius 3 is 1.90 bits per heavy atom. The molecule has 10 heavy (non-hydrogen) atoms. The van der Waals surface area contributed by atoms with E-state index in [1.807, 2.05) is 0 Å². The van der Waals surface area contributed by atoms with Crippen LogP contribution in [-0.2, 0) is 0 Å². The van der Waals surface area contributed by atoms with Crippen LogP contribution in [0.1, 0.15) is 19.3 Å². The largest absolute Gasteiger partial charge is 2.00 e. The van der Waals surface area contributed by atoms with Crippen molar-refractivity contribution in [2.75, 3.05) is 0 Å². The minimum atomic E-state index is 0. The number of hydrogen-bond acceptors (Lipinski definition) is 0. The zero-order valence-electron chi connectivity index (χ0n) is 5.96. The van der Waals surface area contributed by atoms with E-state index < -0.39 is 0 Å². The molecule has 50 valence electrons. The summed E-state index contributed by atoms with van der Waals surface area (Å²) in [7, 11) is 0. The second kappa shape index (κ2) is 13.7. The quantitative estimate of drug-likeness (QED) is 0.295. The molecule has 0 aliphatic heterocycles. The third-order valence-electron chi connectivity index (χ3n) is 0.890. The fraction of sp³-hybridized carbons (Fsp3) is 0.600. The predicted molar refractivity (Wildman–Crippen MR) is 35.3 cm³/mol. The maximum absolute atomic E-state index is 3.34. The Kier molecular flexibility index (Phi) is 31.2. The molecular formula is C5H6BrCl2LiMg. The van der Waals surface area contributed by atoms with Crippen LogP contribution in [0.4, 0.5) is 0 Å². The first-order valence-electron chi connectivity index (χ1n) is 2.15. The van der Waals surface area contributed by atoms with E-state index in [9.17, 15) is 0 Å². The summed E-state index contributed by atoms with van der Waals surface area (Å²) in [6.45, 7) is 0. The minimum Gasteiger partial charge on any atom is -1.00 e. The summed E-state index contributed by atoms with van der Waals surface area (Å²) in [5, 5.41) is 0. The maximum Gasteiger partial charge on any atom is 2.00 e. The fourth-order valence-corrected chi connectivity index (χ4v) is 1.03. The van der Waals surface area contributed by atoms with Gasteiger partial charge >= 0.3 is 41.9 Å². The van der Waals surface area contributed by atoms with Gasteiger partial charge in [0.25, 0.3) is 0 Å². The Bertz CT molecular complexity index is 89.7. The third-order valence-corrected chi connectivity index (χ3v) is 1.57. The molecule has 0 radical (unpaired) electrons. The van der Waals surface area contributed by atoms with Crippen LogP contribution < -0.4 is 43.7 Å². The molecule has 5 heteroatoms. The monoisotopic (exact) mass is 246 g/mol. The first-order valence-corrected chi connectivity index (χ1v) is 2.94. The summed E-state index contributed by atoms with van der Waals surface area (Å²) in [6.07, 6.45) is 6.81. The molecule has 0 unspecified atom stereocenters. The summed E-state index contributed by atoms with van der Waals surface area (Å²) in [5.41, 5.74) is 0. The number of rotatable bonds is 0. The van der Waals surface area contributed by atoms with E-state index in [0.29, 0.717) is 0 Å². The van der Waals surface area contributed by atoms with Gasteiger partial charge in [0.2, 0.25) is 0 Å². The van der Waals surface area contributed by atoms with Crippen molar-refractivity contribution in [1.82, 2.24) is 0 Å². The van der Waals surface area contributed by atoms with Gasteiger partial charge < -0.3 is 30.9 Å². The normalized spacial score (nSPS) is 12.7. The van der Waals surface area contributed by atoms with Crippen LogP contribution in [0.3, 0.4) is 0 Å². The first kappa shape index (κ1) is 22.7. The van der Waals surface area contributed by atoms with Gasteiger partial charge in [-0.25, -0.2) is 0 Å². The Morgan fingerprint density at radius 2 is 1.80 bits per heavy atom. The third kappa shape index (κ3) is 10.2. The van der Waals surface area contributed by atoms with Gasteiger partial charge in [-0.3, -0.25) is 0 Å². The van der Waals surface area contributed by atoms with Crippen molar-refractivity contribution in [3.05, 3.63) is 10.6 Å². The summed E-state index contributed by atoms with van der Waals surface area (Å²) < 4.78 is 1.27. The first-order chi connectivity index (χ1) is 2.89. The number of halogens is 3. The predicted octanol–water partition coefficient (Wildman–Crippen LogP) is -7.12. The van der Waals surface area contributed by atoms with Crippen molar-refractivity contribution < 1.29 is 43.7 Å². The Labute approximate surface area is 111 Å². The molecule has 0 atom stereocenters. The second-order valence-corrected chi connectivity index (χ2v) is 2.39. The molecule has 0 saturated heterocycles. The standard InChI is InChI=1S/C5H6Br.2ClH.Li.Mg/c6-5-3-1-2-4-5;;;;/h1-3H2;2*1H;;/q-1;;;+1;+2/p-2. The summed E-state index contributed by atoms with van der Waals surface area (Å²) >= 11 is 3.34. The molecule has 0 saturated carbocycles. The van der Waals surface area contributed by atoms with Gasteiger partial charge in [-0.1, -0.05) is 28.8 Å². The van der Waals surface area contributed by atoms with Gasteiger partial charge in [0.1, 0.15) is 0 Å². The van der Waals surface area contributed by atoms with E-state index in [1.54, 1.807) is 0 Å². The molecule has 0 fully saturated rings. The van der Waals surface area contributed by atoms with Crippen LogP contribution in [0.15, 0.2) is 4.48 Å². The molecule has 0 nitrogen and oxygen atoms in total. The molecule has 0 spiro atoms. The zero-order chi connectivity index (χ0) is 4.41. The Balaban J connectivity index is -0.0000000450. The Hall–Kier alpha value is 2.16. The van der Waals surface area contributed by atoms with E-state index in [-0.39, 0.29) is 66.7 Å². The zero-order valence-corrected chi connectivity index (χ0v) is 10.5. The van der Waals surface area contributed by atoms with E-state index in [4.69, 9.17) is 0 Å². The van der Waals surface area contributed by atoms with Gasteiger partial charge in [0.05, 0.1) is 0 Å². The molecule has 0 N–H and O–H groups in total. The van der Waals surface area contributed by atoms with Gasteiger partial charge in [-0.15, -0.1) is 0 Å². The summed E-state index contributed by atoms with van der Waals surface area (Å²) in [4.78, 5) is 0. The van der Waals surface area contributed by atoms with Gasteiger partial charge in [-0.2, -0.15) is 10.9 Å². The molecule has 0 aromatic carbocycles. The maximum atomic E-state index is 3.34. The molecule has 1 aliphatic carbocycles. The van der Waals surface area contributed by atoms with Crippen LogP contribution >= 0.6 is 15.9 Å². The van der Waals surface area contributed by atoms with Gasteiger partial charge in [-0.05, 0) is 0 Å². The molecule has 0 aromatic rings. The summed E-state index contributed by atoms with van der Waals surface area (Å²) in [6, 6.07) is 0. The molecule has 0 amide bonds. The van der Waals surface area contributed by atoms with Crippen molar-refractivity contribution in [3.63, 3.8) is 0 Å². The number of allylic oxidation sites excluding steroid dienone is 2. The molecule has 0 aromatic heterocycles. The van der Waals surface area contributed by atoms with Crippen molar-refractivity contribution >= 4 is 39.0 Å². The second-order valence-electron chi connectivity index (χ2n) is 1.44. The van der Waals surface area contributed by atoms with Crippen LogP contribution in [0.5, 0.6) is 0 Å². The van der Waals surface area contributed by atoms with Crippen LogP contribution in [0.25, 0.3) is 0 Å². The van der Waals surface area contributed by atoms with E-state index in [2.05, 4.69) is 22.0 Å². The van der Waals surface area contributed by atoms with Crippen molar-refractivity contribution in [2.24, 2.45) is 0 Å². The van der Waals surface area contributed by atoms with E-state index in [0.717, 1.165) is 6.42 Å². The topological polar surface area (TPSA) is 0 Å². The Morgan fingerprint density at radius 1 is 1.30 bits per heavy atom. The van der Waals surface area contributed by atoms with E-state index in [1.165, 1.54) is 17.3 Å². The number of hydrogen-bond donors (Lipinski definition) is 0. The average molecular weight is 248 g/mol. The molecular weight excluding hydrogens is 242 g/mol. The van der Waals surface area contributed by atoms with Crippen LogP contribution in [0, 0.1) is 6.08 Å². The fourth-order valence-electron chi connectivity index (χ4n) is 0.556. The van der Waals surface area contributed by atoms with Gasteiger partial charge in [0, 0.05) is 0 Å². The smallest absolute Gasteiger partial charge is 1.00 e. The van der Waals surface area contributed by atoms with Crippen LogP contribution in [0.2, 0.25) is 0 Å². The average Bonchev–Trinajstić information content (AvgIpc) is 1.86. The van der Waals surface area contributed by atoms with Crippen molar-refractivity contribution in [2.45, 2.75) is 19.3 Å². The van der Waals surface area contributed by atoms with Crippen molar-refractivity contribution in [3.8, 4) is 0 Å². The minimum absolute atomic E-state index is 0.